The van der Waals surface area contributed by atoms with E-state index in [-0.39, 0.29) is 12.1 Å². The standard InChI is InChI=1S/C13H19NO3S/c1-13(2,3)14-9-12(10-17-14)18(15,16)11-7-5-4-6-8-11/h4-8,12H,9-10H2,1-3H3. The first-order valence-electron chi connectivity index (χ1n) is 6.01. The Morgan fingerprint density at radius 2 is 1.83 bits per heavy atom. The van der Waals surface area contributed by atoms with E-state index in [1.54, 1.807) is 29.3 Å². The largest absolute Gasteiger partial charge is 0.297 e. The summed E-state index contributed by atoms with van der Waals surface area (Å²) in [6.07, 6.45) is 0. The van der Waals surface area contributed by atoms with Crippen molar-refractivity contribution in [2.45, 2.75) is 36.5 Å². The fourth-order valence-electron chi connectivity index (χ4n) is 1.92. The summed E-state index contributed by atoms with van der Waals surface area (Å²) in [6, 6.07) is 8.56. The highest BCUT2D eigenvalue weighted by atomic mass is 32.2. The maximum absolute atomic E-state index is 12.4. The van der Waals surface area contributed by atoms with Crippen molar-refractivity contribution in [3.05, 3.63) is 30.3 Å². The molecule has 0 aromatic heterocycles. The van der Waals surface area contributed by atoms with Gasteiger partial charge in [-0.15, -0.1) is 0 Å². The van der Waals surface area contributed by atoms with Gasteiger partial charge in [0.25, 0.3) is 0 Å². The molecule has 1 aliphatic heterocycles. The van der Waals surface area contributed by atoms with Crippen molar-refractivity contribution >= 4 is 9.84 Å². The average molecular weight is 269 g/mol. The van der Waals surface area contributed by atoms with Crippen molar-refractivity contribution in [3.8, 4) is 0 Å². The van der Waals surface area contributed by atoms with Crippen LogP contribution in [-0.2, 0) is 14.7 Å². The van der Waals surface area contributed by atoms with E-state index in [0.29, 0.717) is 11.4 Å². The molecule has 0 bridgehead atoms. The maximum atomic E-state index is 12.4. The third-order valence-electron chi connectivity index (χ3n) is 3.04. The number of rotatable bonds is 2. The summed E-state index contributed by atoms with van der Waals surface area (Å²) in [5.41, 5.74) is -0.180. The number of hydroxylamine groups is 2. The van der Waals surface area contributed by atoms with Crippen LogP contribution in [0.15, 0.2) is 35.2 Å². The predicted molar refractivity (Wildman–Crippen MR) is 69.8 cm³/mol. The molecule has 1 aromatic carbocycles. The first-order chi connectivity index (χ1) is 8.32. The lowest BCUT2D eigenvalue weighted by Gasteiger charge is -2.29. The van der Waals surface area contributed by atoms with Crippen LogP contribution in [0.25, 0.3) is 0 Å². The summed E-state index contributed by atoms with van der Waals surface area (Å²) >= 11 is 0. The van der Waals surface area contributed by atoms with Crippen molar-refractivity contribution in [2.24, 2.45) is 0 Å². The molecule has 0 saturated carbocycles. The molecule has 0 spiro atoms. The second-order valence-corrected chi connectivity index (χ2v) is 7.74. The lowest BCUT2D eigenvalue weighted by molar-refractivity contribution is -0.166. The van der Waals surface area contributed by atoms with Gasteiger partial charge in [0.2, 0.25) is 0 Å². The van der Waals surface area contributed by atoms with Crippen LogP contribution in [0.4, 0.5) is 0 Å². The molecule has 1 fully saturated rings. The number of hydrogen-bond donors (Lipinski definition) is 0. The van der Waals surface area contributed by atoms with Crippen LogP contribution < -0.4 is 0 Å². The van der Waals surface area contributed by atoms with Crippen molar-refractivity contribution in [3.63, 3.8) is 0 Å². The Balaban J connectivity index is 2.20. The minimum Gasteiger partial charge on any atom is -0.297 e. The Hall–Kier alpha value is -0.910. The van der Waals surface area contributed by atoms with E-state index in [2.05, 4.69) is 0 Å². The molecule has 1 aromatic rings. The van der Waals surface area contributed by atoms with Gasteiger partial charge in [-0.3, -0.25) is 4.84 Å². The van der Waals surface area contributed by atoms with E-state index in [1.165, 1.54) is 0 Å². The monoisotopic (exact) mass is 269 g/mol. The quantitative estimate of drug-likeness (QED) is 0.822. The third-order valence-corrected chi connectivity index (χ3v) is 5.14. The average Bonchev–Trinajstić information content (AvgIpc) is 2.79. The zero-order valence-electron chi connectivity index (χ0n) is 11.0. The molecule has 5 heteroatoms. The number of benzene rings is 1. The summed E-state index contributed by atoms with van der Waals surface area (Å²) in [5.74, 6) is 0. The van der Waals surface area contributed by atoms with Crippen molar-refractivity contribution in [1.29, 1.82) is 0 Å². The molecule has 1 aliphatic rings. The van der Waals surface area contributed by atoms with Crippen LogP contribution in [0.5, 0.6) is 0 Å². The fourth-order valence-corrected chi connectivity index (χ4v) is 3.41. The minimum absolute atomic E-state index is 0.180. The molecule has 4 nitrogen and oxygen atoms in total. The highest BCUT2D eigenvalue weighted by molar-refractivity contribution is 7.92. The molecular formula is C13H19NO3S. The maximum Gasteiger partial charge on any atom is 0.184 e. The van der Waals surface area contributed by atoms with Crippen molar-refractivity contribution in [2.75, 3.05) is 13.2 Å². The van der Waals surface area contributed by atoms with E-state index < -0.39 is 15.1 Å². The van der Waals surface area contributed by atoms with Gasteiger partial charge in [0.05, 0.1) is 11.5 Å². The highest BCUT2D eigenvalue weighted by Gasteiger charge is 2.39. The van der Waals surface area contributed by atoms with Crippen LogP contribution in [-0.4, -0.2) is 37.4 Å². The second-order valence-electron chi connectivity index (χ2n) is 5.51. The number of nitrogens with zero attached hydrogens (tertiary/aromatic N) is 1. The van der Waals surface area contributed by atoms with E-state index in [0.717, 1.165) is 0 Å². The Kier molecular flexibility index (Phi) is 3.49. The summed E-state index contributed by atoms with van der Waals surface area (Å²) in [4.78, 5) is 5.86. The lowest BCUT2D eigenvalue weighted by Crippen LogP contribution is -2.40. The Bertz CT molecular complexity index is 505. The molecule has 0 aliphatic carbocycles. The predicted octanol–water partition coefficient (Wildman–Crippen LogP) is 1.87. The van der Waals surface area contributed by atoms with Gasteiger partial charge in [0, 0.05) is 12.1 Å². The SMILES string of the molecule is CC(C)(C)N1CC(S(=O)(=O)c2ccccc2)CO1. The molecule has 2 rings (SSSR count). The zero-order chi connectivity index (χ0) is 13.4. The van der Waals surface area contributed by atoms with Crippen LogP contribution in [0.3, 0.4) is 0 Å². The van der Waals surface area contributed by atoms with Gasteiger partial charge in [-0.1, -0.05) is 18.2 Å². The van der Waals surface area contributed by atoms with Crippen LogP contribution in [0.2, 0.25) is 0 Å². The summed E-state index contributed by atoms with van der Waals surface area (Å²) < 4.78 is 24.8. The topological polar surface area (TPSA) is 46.6 Å². The van der Waals surface area contributed by atoms with E-state index in [4.69, 9.17) is 4.84 Å². The Labute approximate surface area is 108 Å². The molecule has 1 unspecified atom stereocenters. The molecule has 1 atom stereocenters. The van der Waals surface area contributed by atoms with Crippen molar-refractivity contribution in [1.82, 2.24) is 5.06 Å². The first kappa shape index (κ1) is 13.5. The smallest absolute Gasteiger partial charge is 0.184 e. The first-order valence-corrected chi connectivity index (χ1v) is 7.56. The molecular weight excluding hydrogens is 250 g/mol. The molecule has 0 radical (unpaired) electrons. The molecule has 0 N–H and O–H groups in total. The van der Waals surface area contributed by atoms with Crippen molar-refractivity contribution < 1.29 is 13.3 Å². The van der Waals surface area contributed by atoms with E-state index in [9.17, 15) is 8.42 Å². The lowest BCUT2D eigenvalue weighted by atomic mass is 10.1. The molecule has 100 valence electrons. The summed E-state index contributed by atoms with van der Waals surface area (Å²) in [6.45, 7) is 6.66. The third kappa shape index (κ3) is 2.58. The molecule has 1 heterocycles. The zero-order valence-corrected chi connectivity index (χ0v) is 11.8. The Morgan fingerprint density at radius 3 is 2.33 bits per heavy atom. The summed E-state index contributed by atoms with van der Waals surface area (Å²) in [7, 11) is -3.30. The minimum atomic E-state index is -3.30. The van der Waals surface area contributed by atoms with Crippen LogP contribution in [0, 0.1) is 0 Å². The van der Waals surface area contributed by atoms with Gasteiger partial charge in [0.15, 0.2) is 9.84 Å². The van der Waals surface area contributed by atoms with Gasteiger partial charge in [-0.25, -0.2) is 8.42 Å². The normalized spacial score (nSPS) is 22.3. The highest BCUT2D eigenvalue weighted by Crippen LogP contribution is 2.26. The summed E-state index contributed by atoms with van der Waals surface area (Å²) in [5, 5.41) is 1.26. The molecule has 0 amide bonds. The van der Waals surface area contributed by atoms with E-state index in [1.807, 2.05) is 26.8 Å². The van der Waals surface area contributed by atoms with E-state index >= 15 is 0 Å². The number of sulfone groups is 1. The number of hydrogen-bond acceptors (Lipinski definition) is 4. The van der Waals surface area contributed by atoms with Gasteiger partial charge >= 0.3 is 0 Å². The second kappa shape index (κ2) is 4.64. The van der Waals surface area contributed by atoms with Crippen LogP contribution in [0.1, 0.15) is 20.8 Å². The van der Waals surface area contributed by atoms with Gasteiger partial charge in [-0.2, -0.15) is 5.06 Å². The fraction of sp³-hybridized carbons (Fsp3) is 0.538. The van der Waals surface area contributed by atoms with Crippen LogP contribution >= 0.6 is 0 Å². The van der Waals surface area contributed by atoms with Gasteiger partial charge in [-0.05, 0) is 32.9 Å². The van der Waals surface area contributed by atoms with Gasteiger partial charge in [0.1, 0.15) is 5.25 Å². The van der Waals surface area contributed by atoms with Gasteiger partial charge < -0.3 is 0 Å². The Morgan fingerprint density at radius 1 is 1.22 bits per heavy atom. The molecule has 1 saturated heterocycles. The molecule has 18 heavy (non-hydrogen) atoms.